The molecule has 2 saturated heterocycles. The largest absolute Gasteiger partial charge is 0.491 e. The zero-order valence-electron chi connectivity index (χ0n) is 23.7. The number of likely N-dealkylation sites (N-methyl/N-ethyl adjacent to an activating group) is 1. The highest BCUT2D eigenvalue weighted by atomic mass is 16.5. The van der Waals surface area contributed by atoms with Gasteiger partial charge in [0, 0.05) is 76.7 Å². The Hall–Kier alpha value is -3.81. The van der Waals surface area contributed by atoms with Crippen molar-refractivity contribution in [2.45, 2.75) is 13.0 Å². The normalized spacial score (nSPS) is 18.4. The average Bonchev–Trinajstić information content (AvgIpc) is 3.51. The van der Waals surface area contributed by atoms with E-state index in [0.29, 0.717) is 53.8 Å². The Kier molecular flexibility index (Phi) is 8.26. The minimum Gasteiger partial charge on any atom is -0.491 e. The maximum absolute atomic E-state index is 13.2. The van der Waals surface area contributed by atoms with Crippen LogP contribution in [0, 0.1) is 0 Å². The molecule has 13 nitrogen and oxygen atoms in total. The highest BCUT2D eigenvalue weighted by Crippen LogP contribution is 2.37. The molecule has 218 valence electrons. The summed E-state index contributed by atoms with van der Waals surface area (Å²) in [6.07, 6.45) is 3.97. The molecule has 0 saturated carbocycles. The number of amides is 1. The number of aromatic nitrogens is 4. The molecule has 0 bridgehead atoms. The van der Waals surface area contributed by atoms with Crippen molar-refractivity contribution in [3.05, 3.63) is 35.7 Å². The first-order chi connectivity index (χ1) is 20.1. The predicted octanol–water partition coefficient (Wildman–Crippen LogP) is 0.854. The van der Waals surface area contributed by atoms with E-state index in [1.807, 2.05) is 16.7 Å². The van der Waals surface area contributed by atoms with Gasteiger partial charge in [0.2, 0.25) is 11.6 Å². The molecule has 2 fully saturated rings. The van der Waals surface area contributed by atoms with Gasteiger partial charge in [-0.3, -0.25) is 14.3 Å². The number of piperazine rings is 1. The van der Waals surface area contributed by atoms with Crippen LogP contribution < -0.4 is 25.3 Å². The molecule has 1 aromatic carbocycles. The van der Waals surface area contributed by atoms with Crippen LogP contribution in [0.25, 0.3) is 10.9 Å². The second-order valence-electron chi connectivity index (χ2n) is 10.5. The Morgan fingerprint density at radius 1 is 1.07 bits per heavy atom. The van der Waals surface area contributed by atoms with Crippen LogP contribution in [0.5, 0.6) is 11.5 Å². The predicted molar refractivity (Wildman–Crippen MR) is 154 cm³/mol. The third-order valence-corrected chi connectivity index (χ3v) is 7.76. The number of anilines is 2. The van der Waals surface area contributed by atoms with Crippen molar-refractivity contribution >= 4 is 28.6 Å². The van der Waals surface area contributed by atoms with Gasteiger partial charge < -0.3 is 29.3 Å². The summed E-state index contributed by atoms with van der Waals surface area (Å²) in [4.78, 5) is 38.1. The lowest BCUT2D eigenvalue weighted by molar-refractivity contribution is 0.0357. The summed E-state index contributed by atoms with van der Waals surface area (Å²) in [5, 5.41) is 4.29. The van der Waals surface area contributed by atoms with Crippen molar-refractivity contribution in [1.82, 2.24) is 29.3 Å². The van der Waals surface area contributed by atoms with Crippen molar-refractivity contribution < 1.29 is 19.0 Å². The molecule has 1 amide bonds. The van der Waals surface area contributed by atoms with Crippen molar-refractivity contribution in [3.8, 4) is 11.5 Å². The van der Waals surface area contributed by atoms with E-state index < -0.39 is 5.91 Å². The molecule has 1 N–H and O–H groups in total. The van der Waals surface area contributed by atoms with E-state index in [2.05, 4.69) is 42.0 Å². The number of nitrogens with zero attached hydrogens (tertiary/aromatic N) is 8. The highest BCUT2D eigenvalue weighted by molar-refractivity contribution is 5.96. The number of morpholine rings is 1. The molecule has 3 aliphatic rings. The van der Waals surface area contributed by atoms with Crippen LogP contribution in [-0.2, 0) is 11.3 Å². The molecular weight excluding hydrogens is 526 g/mol. The summed E-state index contributed by atoms with van der Waals surface area (Å²) >= 11 is 0. The molecule has 3 aliphatic heterocycles. The molecule has 0 atom stereocenters. The third-order valence-electron chi connectivity index (χ3n) is 7.76. The number of hydrogen-bond donors (Lipinski definition) is 1. The zero-order chi connectivity index (χ0) is 28.2. The van der Waals surface area contributed by atoms with E-state index in [0.717, 1.165) is 76.7 Å². The molecule has 3 aromatic rings. The van der Waals surface area contributed by atoms with Gasteiger partial charge in [-0.05, 0) is 25.6 Å². The number of carbonyl (C=O) groups is 1. The van der Waals surface area contributed by atoms with Crippen molar-refractivity contribution in [3.63, 3.8) is 0 Å². The van der Waals surface area contributed by atoms with Gasteiger partial charge in [-0.15, -0.1) is 0 Å². The Balaban J connectivity index is 1.24. The first kappa shape index (κ1) is 27.4. The molecule has 2 aromatic heterocycles. The minimum atomic E-state index is -0.446. The molecule has 13 heteroatoms. The van der Waals surface area contributed by atoms with E-state index in [1.54, 1.807) is 19.5 Å². The van der Waals surface area contributed by atoms with Crippen molar-refractivity contribution in [2.75, 3.05) is 96.6 Å². The quantitative estimate of drug-likeness (QED) is 0.393. The van der Waals surface area contributed by atoms with Crippen molar-refractivity contribution in [2.24, 2.45) is 4.99 Å². The second-order valence-corrected chi connectivity index (χ2v) is 10.5. The van der Waals surface area contributed by atoms with Gasteiger partial charge >= 0.3 is 0 Å². The standard InChI is InChI=1S/C28H37N9O4/c1-34-9-11-36(12-10-34)27-30-18-20(19-31-27)26(38)33-28-32-23-21(25-29-6-8-37(25)28)4-5-22(24(23)39-2)41-15-3-7-35-13-16-40-17-14-35/h4-5,18-19,29H,3,6-17H2,1-2H3. The number of benzene rings is 1. The maximum Gasteiger partial charge on any atom is 0.283 e. The van der Waals surface area contributed by atoms with Crippen molar-refractivity contribution in [1.29, 1.82) is 0 Å². The summed E-state index contributed by atoms with van der Waals surface area (Å²) in [5.74, 6) is 2.16. The summed E-state index contributed by atoms with van der Waals surface area (Å²) in [6.45, 7) is 9.95. The van der Waals surface area contributed by atoms with Gasteiger partial charge in [-0.25, -0.2) is 15.0 Å². The monoisotopic (exact) mass is 563 g/mol. The topological polar surface area (TPSA) is 122 Å². The molecule has 0 spiro atoms. The molecule has 41 heavy (non-hydrogen) atoms. The van der Waals surface area contributed by atoms with Gasteiger partial charge in [0.1, 0.15) is 11.3 Å². The zero-order valence-corrected chi connectivity index (χ0v) is 23.7. The second kappa shape index (κ2) is 12.4. The molecular formula is C28H37N9O4. The van der Waals surface area contributed by atoms with E-state index in [9.17, 15) is 4.79 Å². The fraction of sp³-hybridized carbons (Fsp3) is 0.536. The first-order valence-corrected chi connectivity index (χ1v) is 14.2. The Labute approximate surface area is 238 Å². The molecule has 0 aliphatic carbocycles. The lowest BCUT2D eigenvalue weighted by Gasteiger charge is -2.32. The molecule has 0 unspecified atom stereocenters. The first-order valence-electron chi connectivity index (χ1n) is 14.2. The highest BCUT2D eigenvalue weighted by Gasteiger charge is 2.22. The van der Waals surface area contributed by atoms with E-state index >= 15 is 0 Å². The Morgan fingerprint density at radius 2 is 1.85 bits per heavy atom. The minimum absolute atomic E-state index is 0.299. The van der Waals surface area contributed by atoms with Crippen LogP contribution in [0.2, 0.25) is 0 Å². The number of fused-ring (bicyclic) bond motifs is 3. The number of methoxy groups -OCH3 is 1. The van der Waals surface area contributed by atoms with Gasteiger partial charge in [-0.1, -0.05) is 0 Å². The molecule has 6 rings (SSSR count). The van der Waals surface area contributed by atoms with Gasteiger partial charge in [-0.2, -0.15) is 4.99 Å². The van der Waals surface area contributed by atoms with Crippen LogP contribution in [-0.4, -0.2) is 122 Å². The summed E-state index contributed by atoms with van der Waals surface area (Å²) in [7, 11) is 3.70. The van der Waals surface area contributed by atoms with Crippen LogP contribution in [0.3, 0.4) is 0 Å². The summed E-state index contributed by atoms with van der Waals surface area (Å²) < 4.78 is 19.3. The number of rotatable bonds is 8. The number of nitrogens with one attached hydrogen (secondary N) is 1. The van der Waals surface area contributed by atoms with E-state index in [-0.39, 0.29) is 0 Å². The third kappa shape index (κ3) is 5.97. The van der Waals surface area contributed by atoms with E-state index in [4.69, 9.17) is 19.2 Å². The number of carbonyl (C=O) groups excluding carboxylic acids is 1. The molecule has 5 heterocycles. The lowest BCUT2D eigenvalue weighted by Crippen LogP contribution is -2.45. The van der Waals surface area contributed by atoms with Crippen LogP contribution in [0.1, 0.15) is 16.8 Å². The maximum atomic E-state index is 13.2. The summed E-state index contributed by atoms with van der Waals surface area (Å²) in [5.41, 5.74) is 1.20. The van der Waals surface area contributed by atoms with Crippen LogP contribution in [0.4, 0.5) is 11.8 Å². The van der Waals surface area contributed by atoms with Gasteiger partial charge in [0.05, 0.1) is 32.5 Å². The lowest BCUT2D eigenvalue weighted by atomic mass is 10.2. The number of ether oxygens (including phenoxy) is 3. The van der Waals surface area contributed by atoms with Gasteiger partial charge in [0.25, 0.3) is 5.91 Å². The van der Waals surface area contributed by atoms with Crippen LogP contribution in [0.15, 0.2) is 29.5 Å². The molecule has 0 radical (unpaired) electrons. The SMILES string of the molecule is COc1c(OCCCN2CCOCC2)ccc2c3n(c(=NC(=O)c4cnc(N5CCN(C)CC5)nc4)nc12)CCN3. The Morgan fingerprint density at radius 3 is 2.61 bits per heavy atom. The fourth-order valence-corrected chi connectivity index (χ4v) is 5.40. The number of hydrogen-bond acceptors (Lipinski definition) is 11. The Bertz CT molecular complexity index is 1450. The fourth-order valence-electron chi connectivity index (χ4n) is 5.40. The average molecular weight is 564 g/mol. The van der Waals surface area contributed by atoms with E-state index in [1.165, 1.54) is 0 Å². The van der Waals surface area contributed by atoms with Gasteiger partial charge in [0.15, 0.2) is 11.5 Å². The smallest absolute Gasteiger partial charge is 0.283 e. The van der Waals surface area contributed by atoms with Crippen LogP contribution >= 0.6 is 0 Å². The summed E-state index contributed by atoms with van der Waals surface area (Å²) in [6, 6.07) is 3.89.